The molecule has 1 heterocycles. The van der Waals surface area contributed by atoms with E-state index in [1.807, 2.05) is 13.8 Å². The number of hydrogen-bond acceptors (Lipinski definition) is 3. The highest BCUT2D eigenvalue weighted by molar-refractivity contribution is 5.77. The van der Waals surface area contributed by atoms with Gasteiger partial charge in [-0.3, -0.25) is 14.7 Å². The van der Waals surface area contributed by atoms with Gasteiger partial charge in [0.2, 0.25) is 5.91 Å². The van der Waals surface area contributed by atoms with E-state index >= 15 is 0 Å². The minimum atomic E-state index is -0.906. The van der Waals surface area contributed by atoms with Crippen molar-refractivity contribution in [2.24, 2.45) is 5.92 Å². The monoisotopic (exact) mass is 253 g/mol. The number of H-pyrrole nitrogens is 1. The molecular formula is C12H19N3O3. The van der Waals surface area contributed by atoms with Crippen LogP contribution < -0.4 is 5.32 Å². The van der Waals surface area contributed by atoms with E-state index in [1.165, 1.54) is 0 Å². The van der Waals surface area contributed by atoms with Crippen LogP contribution in [0.2, 0.25) is 0 Å². The molecule has 0 spiro atoms. The summed E-state index contributed by atoms with van der Waals surface area (Å²) in [5.41, 5.74) is 2.93. The van der Waals surface area contributed by atoms with Crippen LogP contribution in [0.25, 0.3) is 0 Å². The summed E-state index contributed by atoms with van der Waals surface area (Å²) in [4.78, 5) is 22.1. The number of carboxylic acids is 1. The highest BCUT2D eigenvalue weighted by Crippen LogP contribution is 2.11. The summed E-state index contributed by atoms with van der Waals surface area (Å²) in [5.74, 6) is -1.61. The first-order chi connectivity index (χ1) is 8.41. The highest BCUT2D eigenvalue weighted by Gasteiger charge is 2.13. The first-order valence-corrected chi connectivity index (χ1v) is 5.91. The highest BCUT2D eigenvalue weighted by atomic mass is 16.4. The standard InChI is InChI=1S/C12H19N3O3/c1-7(12(17)18)6-13-11(16)5-4-10-8(2)14-15-9(10)3/h7H,4-6H2,1-3H3,(H,13,16)(H,14,15)(H,17,18). The Morgan fingerprint density at radius 2 is 2.11 bits per heavy atom. The van der Waals surface area contributed by atoms with Crippen molar-refractivity contribution >= 4 is 11.9 Å². The molecular weight excluding hydrogens is 234 g/mol. The predicted octanol–water partition coefficient (Wildman–Crippen LogP) is 0.796. The van der Waals surface area contributed by atoms with E-state index in [2.05, 4.69) is 15.5 Å². The molecule has 1 aromatic heterocycles. The molecule has 0 fully saturated rings. The van der Waals surface area contributed by atoms with Crippen LogP contribution in [0, 0.1) is 19.8 Å². The Hall–Kier alpha value is -1.85. The van der Waals surface area contributed by atoms with Crippen LogP contribution in [0.4, 0.5) is 0 Å². The van der Waals surface area contributed by atoms with Gasteiger partial charge in [-0.05, 0) is 25.8 Å². The second kappa shape index (κ2) is 6.18. The Morgan fingerprint density at radius 1 is 1.44 bits per heavy atom. The van der Waals surface area contributed by atoms with Crippen LogP contribution in [-0.2, 0) is 16.0 Å². The molecule has 1 rings (SSSR count). The number of carbonyl (C=O) groups excluding carboxylic acids is 1. The van der Waals surface area contributed by atoms with Crippen molar-refractivity contribution in [1.29, 1.82) is 0 Å². The molecule has 0 bridgehead atoms. The predicted molar refractivity (Wildman–Crippen MR) is 66.2 cm³/mol. The van der Waals surface area contributed by atoms with Crippen molar-refractivity contribution in [3.05, 3.63) is 17.0 Å². The van der Waals surface area contributed by atoms with Crippen molar-refractivity contribution in [2.75, 3.05) is 6.54 Å². The van der Waals surface area contributed by atoms with Crippen LogP contribution >= 0.6 is 0 Å². The van der Waals surface area contributed by atoms with Crippen LogP contribution in [0.3, 0.4) is 0 Å². The number of aliphatic carboxylic acids is 1. The van der Waals surface area contributed by atoms with Gasteiger partial charge >= 0.3 is 5.97 Å². The lowest BCUT2D eigenvalue weighted by Gasteiger charge is -2.08. The number of aromatic nitrogens is 2. The molecule has 100 valence electrons. The van der Waals surface area contributed by atoms with Crippen LogP contribution in [0.5, 0.6) is 0 Å². The summed E-state index contributed by atoms with van der Waals surface area (Å²) >= 11 is 0. The number of aryl methyl sites for hydroxylation is 2. The Balaban J connectivity index is 2.36. The van der Waals surface area contributed by atoms with E-state index in [4.69, 9.17) is 5.11 Å². The van der Waals surface area contributed by atoms with Crippen LogP contribution in [-0.4, -0.2) is 33.7 Å². The van der Waals surface area contributed by atoms with Gasteiger partial charge in [0.15, 0.2) is 0 Å². The average Bonchev–Trinajstić information content (AvgIpc) is 2.63. The van der Waals surface area contributed by atoms with E-state index in [9.17, 15) is 9.59 Å². The number of aromatic amines is 1. The van der Waals surface area contributed by atoms with E-state index in [0.29, 0.717) is 12.8 Å². The Labute approximate surface area is 106 Å². The molecule has 0 radical (unpaired) electrons. The Kier molecular flexibility index (Phi) is 4.88. The number of nitrogens with zero attached hydrogens (tertiary/aromatic N) is 1. The third kappa shape index (κ3) is 3.87. The average molecular weight is 253 g/mol. The van der Waals surface area contributed by atoms with Gasteiger partial charge in [-0.2, -0.15) is 5.10 Å². The molecule has 1 unspecified atom stereocenters. The zero-order chi connectivity index (χ0) is 13.7. The van der Waals surface area contributed by atoms with E-state index in [0.717, 1.165) is 17.0 Å². The molecule has 0 aliphatic carbocycles. The Bertz CT molecular complexity index is 420. The zero-order valence-electron chi connectivity index (χ0n) is 10.9. The van der Waals surface area contributed by atoms with Gasteiger partial charge in [0.05, 0.1) is 11.6 Å². The third-order valence-corrected chi connectivity index (χ3v) is 2.91. The Morgan fingerprint density at radius 3 is 2.61 bits per heavy atom. The normalized spacial score (nSPS) is 12.2. The summed E-state index contributed by atoms with van der Waals surface area (Å²) in [5, 5.41) is 18.2. The van der Waals surface area contributed by atoms with Crippen molar-refractivity contribution in [3.8, 4) is 0 Å². The smallest absolute Gasteiger partial charge is 0.308 e. The summed E-state index contributed by atoms with van der Waals surface area (Å²) in [6.45, 7) is 5.54. The second-order valence-corrected chi connectivity index (χ2v) is 4.46. The minimum Gasteiger partial charge on any atom is -0.481 e. The van der Waals surface area contributed by atoms with Gasteiger partial charge in [0.25, 0.3) is 0 Å². The van der Waals surface area contributed by atoms with Crippen LogP contribution in [0.1, 0.15) is 30.3 Å². The fraction of sp³-hybridized carbons (Fsp3) is 0.583. The van der Waals surface area contributed by atoms with Gasteiger partial charge < -0.3 is 10.4 Å². The molecule has 1 aromatic rings. The molecule has 1 atom stereocenters. The maximum absolute atomic E-state index is 11.6. The molecule has 0 saturated heterocycles. The zero-order valence-corrected chi connectivity index (χ0v) is 10.9. The van der Waals surface area contributed by atoms with E-state index in [-0.39, 0.29) is 12.5 Å². The van der Waals surface area contributed by atoms with E-state index in [1.54, 1.807) is 6.92 Å². The summed E-state index contributed by atoms with van der Waals surface area (Å²) in [6.07, 6.45) is 0.953. The molecule has 3 N–H and O–H groups in total. The molecule has 6 nitrogen and oxygen atoms in total. The third-order valence-electron chi connectivity index (χ3n) is 2.91. The maximum atomic E-state index is 11.6. The second-order valence-electron chi connectivity index (χ2n) is 4.46. The summed E-state index contributed by atoms with van der Waals surface area (Å²) < 4.78 is 0. The summed E-state index contributed by atoms with van der Waals surface area (Å²) in [7, 11) is 0. The van der Waals surface area contributed by atoms with Crippen molar-refractivity contribution in [3.63, 3.8) is 0 Å². The molecule has 0 saturated carbocycles. The van der Waals surface area contributed by atoms with Crippen molar-refractivity contribution in [1.82, 2.24) is 15.5 Å². The lowest BCUT2D eigenvalue weighted by atomic mass is 10.1. The molecule has 0 aliphatic heterocycles. The molecule has 0 aliphatic rings. The number of rotatable bonds is 6. The number of hydrogen-bond donors (Lipinski definition) is 3. The first-order valence-electron chi connectivity index (χ1n) is 5.91. The van der Waals surface area contributed by atoms with Gasteiger partial charge in [-0.1, -0.05) is 6.92 Å². The van der Waals surface area contributed by atoms with E-state index < -0.39 is 11.9 Å². The van der Waals surface area contributed by atoms with Gasteiger partial charge in [-0.15, -0.1) is 0 Å². The molecule has 18 heavy (non-hydrogen) atoms. The SMILES string of the molecule is Cc1n[nH]c(C)c1CCC(=O)NCC(C)C(=O)O. The number of amides is 1. The summed E-state index contributed by atoms with van der Waals surface area (Å²) in [6, 6.07) is 0. The minimum absolute atomic E-state index is 0.136. The first kappa shape index (κ1) is 14.2. The number of carbonyl (C=O) groups is 2. The van der Waals surface area contributed by atoms with Gasteiger partial charge in [0, 0.05) is 18.7 Å². The molecule has 1 amide bonds. The molecule has 6 heteroatoms. The lowest BCUT2D eigenvalue weighted by molar-refractivity contribution is -0.141. The molecule has 0 aromatic carbocycles. The van der Waals surface area contributed by atoms with Crippen LogP contribution in [0.15, 0.2) is 0 Å². The van der Waals surface area contributed by atoms with Crippen molar-refractivity contribution in [2.45, 2.75) is 33.6 Å². The van der Waals surface area contributed by atoms with Crippen molar-refractivity contribution < 1.29 is 14.7 Å². The quantitative estimate of drug-likeness (QED) is 0.698. The van der Waals surface area contributed by atoms with Gasteiger partial charge in [-0.25, -0.2) is 0 Å². The topological polar surface area (TPSA) is 95.1 Å². The maximum Gasteiger partial charge on any atom is 0.308 e. The fourth-order valence-corrected chi connectivity index (χ4v) is 1.62. The number of carboxylic acid groups (broad SMARTS) is 1. The lowest BCUT2D eigenvalue weighted by Crippen LogP contribution is -2.31. The fourth-order valence-electron chi connectivity index (χ4n) is 1.62. The largest absolute Gasteiger partial charge is 0.481 e. The number of nitrogens with one attached hydrogen (secondary N) is 2. The van der Waals surface area contributed by atoms with Gasteiger partial charge in [0.1, 0.15) is 0 Å².